The number of hydrogen-bond acceptors (Lipinski definition) is 3. The molecule has 0 aliphatic heterocycles. The zero-order valence-electron chi connectivity index (χ0n) is 16.1. The van der Waals surface area contributed by atoms with Gasteiger partial charge in [-0.05, 0) is 53.5 Å². The van der Waals surface area contributed by atoms with E-state index in [-0.39, 0.29) is 11.8 Å². The monoisotopic (exact) mass is 384 g/mol. The third kappa shape index (κ3) is 3.70. The van der Waals surface area contributed by atoms with Crippen LogP contribution in [0.3, 0.4) is 0 Å². The highest BCUT2D eigenvalue weighted by Crippen LogP contribution is 2.49. The smallest absolute Gasteiger partial charge is 0.118 e. The lowest BCUT2D eigenvalue weighted by molar-refractivity contribution is 0.290. The van der Waals surface area contributed by atoms with E-state index in [4.69, 9.17) is 25.8 Å². The number of allylic oxidation sites excluding steroid dienone is 3. The van der Waals surface area contributed by atoms with Crippen LogP contribution in [0.1, 0.15) is 18.1 Å². The predicted octanol–water partition coefficient (Wildman–Crippen LogP) is 5.54. The summed E-state index contributed by atoms with van der Waals surface area (Å²) in [6.45, 7) is 2.16. The van der Waals surface area contributed by atoms with Crippen LogP contribution < -0.4 is 9.47 Å². The average Bonchev–Trinajstić information content (AvgIpc) is 2.73. The normalized spacial score (nSPS) is 19.4. The summed E-state index contributed by atoms with van der Waals surface area (Å²) in [5.74, 6) is 2.73. The lowest BCUT2D eigenvalue weighted by Gasteiger charge is -2.39. The van der Waals surface area contributed by atoms with Crippen molar-refractivity contribution >= 4 is 11.6 Å². The van der Waals surface area contributed by atoms with Gasteiger partial charge in [-0.3, -0.25) is 0 Å². The highest BCUT2D eigenvalue weighted by molar-refractivity contribution is 6.26. The first-order chi connectivity index (χ1) is 13.0. The molecule has 0 fully saturated rings. The molecule has 0 heterocycles. The second-order valence-corrected chi connectivity index (χ2v) is 7.28. The third-order valence-electron chi connectivity index (χ3n) is 5.18. The minimum Gasteiger partial charge on any atom is -0.497 e. The SMILES string of the molecule is COC1=CC(C)C(C(Cl)(c2ccc(OC)cc2)c2ccc(OC)cc2)C=C1. The van der Waals surface area contributed by atoms with Crippen molar-refractivity contribution in [3.05, 3.63) is 83.6 Å². The van der Waals surface area contributed by atoms with E-state index >= 15 is 0 Å². The molecule has 2 aromatic carbocycles. The summed E-state index contributed by atoms with van der Waals surface area (Å²) in [6, 6.07) is 15.9. The Kier molecular flexibility index (Phi) is 5.81. The van der Waals surface area contributed by atoms with Crippen LogP contribution in [0.15, 0.2) is 72.5 Å². The number of halogens is 1. The summed E-state index contributed by atoms with van der Waals surface area (Å²) in [4.78, 5) is -0.732. The van der Waals surface area contributed by atoms with Crippen molar-refractivity contribution < 1.29 is 14.2 Å². The second kappa shape index (κ2) is 8.10. The molecule has 142 valence electrons. The molecule has 0 amide bonds. The topological polar surface area (TPSA) is 27.7 Å². The van der Waals surface area contributed by atoms with Crippen LogP contribution >= 0.6 is 11.6 Å². The molecule has 0 saturated heterocycles. The summed E-state index contributed by atoms with van der Waals surface area (Å²) in [7, 11) is 5.01. The van der Waals surface area contributed by atoms with Crippen LogP contribution in [-0.4, -0.2) is 21.3 Å². The first kappa shape index (κ1) is 19.4. The molecule has 0 aromatic heterocycles. The molecule has 2 unspecified atom stereocenters. The number of alkyl halides is 1. The Morgan fingerprint density at radius 3 is 1.63 bits per heavy atom. The van der Waals surface area contributed by atoms with E-state index in [1.807, 2.05) is 54.6 Å². The van der Waals surface area contributed by atoms with Crippen LogP contribution in [0.5, 0.6) is 11.5 Å². The van der Waals surface area contributed by atoms with Crippen molar-refractivity contribution in [3.8, 4) is 11.5 Å². The molecule has 27 heavy (non-hydrogen) atoms. The zero-order chi connectivity index (χ0) is 19.4. The minimum atomic E-state index is -0.732. The maximum atomic E-state index is 7.44. The molecule has 0 radical (unpaired) electrons. The van der Waals surface area contributed by atoms with Crippen molar-refractivity contribution in [3.63, 3.8) is 0 Å². The molecular formula is C23H25ClO3. The molecule has 2 aromatic rings. The van der Waals surface area contributed by atoms with E-state index < -0.39 is 4.87 Å². The molecule has 4 heteroatoms. The Bertz CT molecular complexity index is 774. The number of benzene rings is 2. The van der Waals surface area contributed by atoms with Crippen molar-refractivity contribution in [2.75, 3.05) is 21.3 Å². The molecule has 3 nitrogen and oxygen atoms in total. The first-order valence-corrected chi connectivity index (χ1v) is 9.32. The van der Waals surface area contributed by atoms with Gasteiger partial charge < -0.3 is 14.2 Å². The molecule has 0 bridgehead atoms. The van der Waals surface area contributed by atoms with Crippen LogP contribution in [0, 0.1) is 11.8 Å². The maximum Gasteiger partial charge on any atom is 0.118 e. The van der Waals surface area contributed by atoms with E-state index in [9.17, 15) is 0 Å². The van der Waals surface area contributed by atoms with Gasteiger partial charge in [-0.15, -0.1) is 11.6 Å². The largest absolute Gasteiger partial charge is 0.497 e. The fraction of sp³-hybridized carbons (Fsp3) is 0.304. The fourth-order valence-electron chi connectivity index (χ4n) is 3.64. The van der Waals surface area contributed by atoms with Crippen molar-refractivity contribution in [2.45, 2.75) is 11.8 Å². The van der Waals surface area contributed by atoms with E-state index in [1.165, 1.54) is 0 Å². The van der Waals surface area contributed by atoms with Crippen LogP contribution in [0.4, 0.5) is 0 Å². The molecular weight excluding hydrogens is 360 g/mol. The maximum absolute atomic E-state index is 7.44. The second-order valence-electron chi connectivity index (χ2n) is 6.69. The zero-order valence-corrected chi connectivity index (χ0v) is 16.9. The van der Waals surface area contributed by atoms with Crippen LogP contribution in [0.2, 0.25) is 0 Å². The van der Waals surface area contributed by atoms with Crippen molar-refractivity contribution in [1.29, 1.82) is 0 Å². The Hall–Kier alpha value is -2.39. The van der Waals surface area contributed by atoms with Gasteiger partial charge in [0.1, 0.15) is 22.1 Å². The van der Waals surface area contributed by atoms with E-state index in [0.717, 1.165) is 28.4 Å². The molecule has 1 aliphatic rings. The van der Waals surface area contributed by atoms with Gasteiger partial charge in [0, 0.05) is 5.92 Å². The number of hydrogen-bond donors (Lipinski definition) is 0. The summed E-state index contributed by atoms with van der Waals surface area (Å²) in [5.41, 5.74) is 2.04. The predicted molar refractivity (Wildman–Crippen MR) is 110 cm³/mol. The van der Waals surface area contributed by atoms with Gasteiger partial charge in [0.25, 0.3) is 0 Å². The van der Waals surface area contributed by atoms with Gasteiger partial charge in [-0.1, -0.05) is 37.3 Å². The van der Waals surface area contributed by atoms with Gasteiger partial charge >= 0.3 is 0 Å². The molecule has 2 atom stereocenters. The number of ether oxygens (including phenoxy) is 3. The van der Waals surface area contributed by atoms with Crippen LogP contribution in [0.25, 0.3) is 0 Å². The Balaban J connectivity index is 2.10. The van der Waals surface area contributed by atoms with E-state index in [1.54, 1.807) is 21.3 Å². The van der Waals surface area contributed by atoms with E-state index in [2.05, 4.69) is 19.1 Å². The Morgan fingerprint density at radius 2 is 1.26 bits per heavy atom. The average molecular weight is 385 g/mol. The number of rotatable bonds is 6. The molecule has 0 N–H and O–H groups in total. The van der Waals surface area contributed by atoms with Gasteiger partial charge in [0.2, 0.25) is 0 Å². The van der Waals surface area contributed by atoms with Gasteiger partial charge in [-0.2, -0.15) is 0 Å². The lowest BCUT2D eigenvalue weighted by atomic mass is 9.72. The Labute approximate surface area is 166 Å². The summed E-state index contributed by atoms with van der Waals surface area (Å²) < 4.78 is 16.0. The molecule has 3 rings (SSSR count). The lowest BCUT2D eigenvalue weighted by Crippen LogP contribution is -2.34. The van der Waals surface area contributed by atoms with Crippen LogP contribution in [-0.2, 0) is 9.61 Å². The minimum absolute atomic E-state index is 0.0554. The quantitative estimate of drug-likeness (QED) is 0.612. The standard InChI is InChI=1S/C23H25ClO3/c1-16-15-21(27-4)13-14-22(16)23(24,17-5-9-19(25-2)10-6-17)18-7-11-20(26-3)12-8-18/h5-16,22H,1-4H3. The van der Waals surface area contributed by atoms with Gasteiger partial charge in [0.05, 0.1) is 21.3 Å². The molecule has 0 saturated carbocycles. The third-order valence-corrected chi connectivity index (χ3v) is 5.87. The van der Waals surface area contributed by atoms with Crippen molar-refractivity contribution in [1.82, 2.24) is 0 Å². The highest BCUT2D eigenvalue weighted by atomic mass is 35.5. The highest BCUT2D eigenvalue weighted by Gasteiger charge is 2.42. The van der Waals surface area contributed by atoms with E-state index in [0.29, 0.717) is 0 Å². The summed E-state index contributed by atoms with van der Waals surface area (Å²) >= 11 is 7.44. The van der Waals surface area contributed by atoms with Gasteiger partial charge in [0.15, 0.2) is 0 Å². The molecule has 1 aliphatic carbocycles. The fourth-order valence-corrected chi connectivity index (χ4v) is 4.17. The molecule has 0 spiro atoms. The van der Waals surface area contributed by atoms with Crippen molar-refractivity contribution in [2.24, 2.45) is 11.8 Å². The first-order valence-electron chi connectivity index (χ1n) is 8.95. The van der Waals surface area contributed by atoms with Gasteiger partial charge in [-0.25, -0.2) is 0 Å². The Morgan fingerprint density at radius 1 is 0.778 bits per heavy atom. The summed E-state index contributed by atoms with van der Waals surface area (Å²) in [5, 5.41) is 0. The number of methoxy groups -OCH3 is 3. The summed E-state index contributed by atoms with van der Waals surface area (Å²) in [6.07, 6.45) is 6.26.